The van der Waals surface area contributed by atoms with Crippen LogP contribution in [-0.2, 0) is 0 Å². The normalized spacial score (nSPS) is 8.62. The Kier molecular flexibility index (Phi) is 7.10. The van der Waals surface area contributed by atoms with Gasteiger partial charge in [0, 0.05) is 12.4 Å². The van der Waals surface area contributed by atoms with E-state index in [9.17, 15) is 0 Å². The van der Waals surface area contributed by atoms with Gasteiger partial charge in [-0.15, -0.1) is 0 Å². The van der Waals surface area contributed by atoms with Crippen LogP contribution in [0.1, 0.15) is 38.8 Å². The van der Waals surface area contributed by atoms with E-state index in [2.05, 4.69) is 23.8 Å². The Hall–Kier alpha value is -1.44. The van der Waals surface area contributed by atoms with E-state index >= 15 is 0 Å². The third-order valence-corrected chi connectivity index (χ3v) is 2.03. The van der Waals surface area contributed by atoms with E-state index in [1.54, 1.807) is 0 Å². The first-order chi connectivity index (χ1) is 7.79. The first-order valence-electron chi connectivity index (χ1n) is 5.96. The van der Waals surface area contributed by atoms with Crippen LogP contribution in [0.3, 0.4) is 0 Å². The summed E-state index contributed by atoms with van der Waals surface area (Å²) in [4.78, 5) is 8.56. The highest BCUT2D eigenvalue weighted by molar-refractivity contribution is 5.79. The lowest BCUT2D eigenvalue weighted by molar-refractivity contribution is 1.27. The lowest BCUT2D eigenvalue weighted by Gasteiger charge is -2.01. The Bertz CT molecular complexity index is 381. The summed E-state index contributed by atoms with van der Waals surface area (Å²) in [6.07, 6.45) is 3.65. The molecular weight excluding hydrogens is 196 g/mol. The number of rotatable bonds is 0. The van der Waals surface area contributed by atoms with Gasteiger partial charge in [-0.25, -0.2) is 0 Å². The van der Waals surface area contributed by atoms with Gasteiger partial charge in [0.05, 0.1) is 11.0 Å². The third-order valence-electron chi connectivity index (χ3n) is 2.03. The molecule has 2 aromatic heterocycles. The SMILES string of the molecule is CC.CC.Cc1ccnc2c(C)ccnc12. The molecule has 0 amide bonds. The highest BCUT2D eigenvalue weighted by Crippen LogP contribution is 2.15. The molecule has 0 aliphatic heterocycles. The molecule has 2 heteroatoms. The largest absolute Gasteiger partial charge is 0.254 e. The molecule has 16 heavy (non-hydrogen) atoms. The minimum atomic E-state index is 1.01. The van der Waals surface area contributed by atoms with Gasteiger partial charge in [-0.3, -0.25) is 9.97 Å². The van der Waals surface area contributed by atoms with Crippen LogP contribution < -0.4 is 0 Å². The van der Waals surface area contributed by atoms with Crippen molar-refractivity contribution in [2.75, 3.05) is 0 Å². The van der Waals surface area contributed by atoms with Gasteiger partial charge in [0.25, 0.3) is 0 Å². The van der Waals surface area contributed by atoms with Gasteiger partial charge in [0.15, 0.2) is 0 Å². The second kappa shape index (κ2) is 7.80. The molecule has 0 bridgehead atoms. The maximum Gasteiger partial charge on any atom is 0.0918 e. The topological polar surface area (TPSA) is 25.8 Å². The monoisotopic (exact) mass is 218 g/mol. The zero-order valence-electron chi connectivity index (χ0n) is 11.2. The van der Waals surface area contributed by atoms with Gasteiger partial charge in [-0.2, -0.15) is 0 Å². The average molecular weight is 218 g/mol. The molecule has 88 valence electrons. The summed E-state index contributed by atoms with van der Waals surface area (Å²) < 4.78 is 0. The van der Waals surface area contributed by atoms with Gasteiger partial charge in [0.2, 0.25) is 0 Å². The first kappa shape index (κ1) is 14.6. The first-order valence-corrected chi connectivity index (χ1v) is 5.96. The van der Waals surface area contributed by atoms with Crippen LogP contribution in [0, 0.1) is 13.8 Å². The highest BCUT2D eigenvalue weighted by Gasteiger charge is 2.00. The van der Waals surface area contributed by atoms with Gasteiger partial charge >= 0.3 is 0 Å². The van der Waals surface area contributed by atoms with Crippen molar-refractivity contribution < 1.29 is 0 Å². The summed E-state index contributed by atoms with van der Waals surface area (Å²) in [7, 11) is 0. The van der Waals surface area contributed by atoms with E-state index in [4.69, 9.17) is 0 Å². The number of pyridine rings is 2. The third kappa shape index (κ3) is 3.30. The van der Waals surface area contributed by atoms with Crippen LogP contribution in [0.15, 0.2) is 24.5 Å². The fraction of sp³-hybridized carbons (Fsp3) is 0.429. The van der Waals surface area contributed by atoms with E-state index in [0.717, 1.165) is 11.0 Å². The van der Waals surface area contributed by atoms with Gasteiger partial charge < -0.3 is 0 Å². The molecule has 0 aliphatic carbocycles. The molecule has 0 aromatic carbocycles. The minimum absolute atomic E-state index is 1.01. The van der Waals surface area contributed by atoms with Crippen molar-refractivity contribution in [3.63, 3.8) is 0 Å². The van der Waals surface area contributed by atoms with E-state index < -0.39 is 0 Å². The van der Waals surface area contributed by atoms with E-state index in [1.165, 1.54) is 11.1 Å². The smallest absolute Gasteiger partial charge is 0.0918 e. The Labute approximate surface area is 98.8 Å². The summed E-state index contributed by atoms with van der Waals surface area (Å²) in [6.45, 7) is 12.1. The molecule has 0 unspecified atom stereocenters. The zero-order valence-corrected chi connectivity index (χ0v) is 11.2. The van der Waals surface area contributed by atoms with Crippen molar-refractivity contribution >= 4 is 11.0 Å². The van der Waals surface area contributed by atoms with Gasteiger partial charge in [0.1, 0.15) is 0 Å². The molecule has 0 fully saturated rings. The van der Waals surface area contributed by atoms with Gasteiger partial charge in [-0.05, 0) is 37.1 Å². The van der Waals surface area contributed by atoms with E-state index in [0.29, 0.717) is 0 Å². The summed E-state index contributed by atoms with van der Waals surface area (Å²) in [5.41, 5.74) is 4.39. The quantitative estimate of drug-likeness (QED) is 0.659. The molecule has 0 spiro atoms. The molecule has 2 heterocycles. The maximum absolute atomic E-state index is 4.28. The lowest BCUT2D eigenvalue weighted by Crippen LogP contribution is -1.88. The minimum Gasteiger partial charge on any atom is -0.254 e. The van der Waals surface area contributed by atoms with Crippen LogP contribution in [0.25, 0.3) is 11.0 Å². The van der Waals surface area contributed by atoms with Crippen LogP contribution in [0.5, 0.6) is 0 Å². The number of nitrogens with zero attached hydrogens (tertiary/aromatic N) is 2. The molecule has 0 radical (unpaired) electrons. The number of aryl methyl sites for hydroxylation is 2. The highest BCUT2D eigenvalue weighted by atomic mass is 14.7. The van der Waals surface area contributed by atoms with Crippen LogP contribution in [0.4, 0.5) is 0 Å². The second-order valence-electron chi connectivity index (χ2n) is 2.95. The van der Waals surface area contributed by atoms with Crippen molar-refractivity contribution in [1.29, 1.82) is 0 Å². The number of hydrogen-bond donors (Lipinski definition) is 0. The molecule has 2 rings (SSSR count). The summed E-state index contributed by atoms with van der Waals surface area (Å²) in [5.74, 6) is 0. The predicted octanol–water partition coefficient (Wildman–Crippen LogP) is 4.30. The maximum atomic E-state index is 4.28. The Balaban J connectivity index is 0.000000509. The molecule has 2 nitrogen and oxygen atoms in total. The Morgan fingerprint density at radius 1 is 0.688 bits per heavy atom. The van der Waals surface area contributed by atoms with Gasteiger partial charge in [-0.1, -0.05) is 27.7 Å². The molecule has 0 N–H and O–H groups in total. The van der Waals surface area contributed by atoms with Crippen molar-refractivity contribution in [3.05, 3.63) is 35.7 Å². The number of fused-ring (bicyclic) bond motifs is 1. The summed E-state index contributed by atoms with van der Waals surface area (Å²) >= 11 is 0. The van der Waals surface area contributed by atoms with Crippen LogP contribution >= 0.6 is 0 Å². The van der Waals surface area contributed by atoms with Crippen molar-refractivity contribution in [1.82, 2.24) is 9.97 Å². The van der Waals surface area contributed by atoms with E-state index in [1.807, 2.05) is 52.2 Å². The standard InChI is InChI=1S/C10H10N2.2C2H6/c1-7-3-5-12-10-8(2)4-6-11-9(7)10;2*1-2/h3-6H,1-2H3;2*1-2H3. The fourth-order valence-electron chi connectivity index (χ4n) is 1.30. The molecule has 2 aromatic rings. The van der Waals surface area contributed by atoms with Crippen molar-refractivity contribution in [2.24, 2.45) is 0 Å². The predicted molar refractivity (Wildman–Crippen MR) is 71.7 cm³/mol. The van der Waals surface area contributed by atoms with Crippen LogP contribution in [-0.4, -0.2) is 9.97 Å². The summed E-state index contributed by atoms with van der Waals surface area (Å²) in [6, 6.07) is 3.96. The van der Waals surface area contributed by atoms with Crippen LogP contribution in [0.2, 0.25) is 0 Å². The zero-order chi connectivity index (χ0) is 12.6. The number of aromatic nitrogens is 2. The Morgan fingerprint density at radius 3 is 1.31 bits per heavy atom. The van der Waals surface area contributed by atoms with Crippen molar-refractivity contribution in [3.8, 4) is 0 Å². The molecule has 0 saturated carbocycles. The average Bonchev–Trinajstić information content (AvgIpc) is 2.36. The molecular formula is C14H22N2. The second-order valence-corrected chi connectivity index (χ2v) is 2.95. The lowest BCUT2D eigenvalue weighted by atomic mass is 10.1. The van der Waals surface area contributed by atoms with E-state index in [-0.39, 0.29) is 0 Å². The molecule has 0 saturated heterocycles. The Morgan fingerprint density at radius 2 is 1.00 bits per heavy atom. The van der Waals surface area contributed by atoms with Crippen molar-refractivity contribution in [2.45, 2.75) is 41.5 Å². The molecule has 0 atom stereocenters. The molecule has 0 aliphatic rings. The number of hydrogen-bond acceptors (Lipinski definition) is 2. The summed E-state index contributed by atoms with van der Waals surface area (Å²) in [5, 5.41) is 0. The fourth-order valence-corrected chi connectivity index (χ4v) is 1.30.